The molecule has 0 saturated carbocycles. The van der Waals surface area contributed by atoms with Crippen LogP contribution >= 0.6 is 11.9 Å². The largest absolute Gasteiger partial charge is 0.315 e. The third-order valence-corrected chi connectivity index (χ3v) is 2.83. The van der Waals surface area contributed by atoms with E-state index in [-0.39, 0.29) is 0 Å². The van der Waals surface area contributed by atoms with Crippen LogP contribution in [0.1, 0.15) is 0 Å². The lowest BCUT2D eigenvalue weighted by Crippen LogP contribution is -1.73. The van der Waals surface area contributed by atoms with Gasteiger partial charge in [-0.2, -0.15) is 0 Å². The average Bonchev–Trinajstić information content (AvgIpc) is 2.65. The maximum absolute atomic E-state index is 4.12. The van der Waals surface area contributed by atoms with Crippen molar-refractivity contribution < 1.29 is 0 Å². The van der Waals surface area contributed by atoms with Crippen LogP contribution in [0.15, 0.2) is 46.4 Å². The highest BCUT2D eigenvalue weighted by Crippen LogP contribution is 2.38. The Balaban J connectivity index is 2.49. The summed E-state index contributed by atoms with van der Waals surface area (Å²) in [6, 6.07) is 12.4. The number of benzene rings is 2. The lowest BCUT2D eigenvalue weighted by atomic mass is 10.1. The van der Waals surface area contributed by atoms with Gasteiger partial charge in [-0.1, -0.05) is 30.3 Å². The second kappa shape index (κ2) is 2.57. The average molecular weight is 186 g/mol. The number of nitrogens with zero attached hydrogens (tertiary/aromatic N) is 2. The molecule has 0 atom stereocenters. The maximum atomic E-state index is 4.12. The van der Waals surface area contributed by atoms with Crippen LogP contribution < -0.4 is 4.52 Å². The van der Waals surface area contributed by atoms with Crippen molar-refractivity contribution >= 4 is 28.4 Å². The zero-order valence-electron chi connectivity index (χ0n) is 6.77. The first-order chi connectivity index (χ1) is 6.45. The van der Waals surface area contributed by atoms with Crippen LogP contribution in [0, 0.1) is 0 Å². The Kier molecular flexibility index (Phi) is 1.40. The molecule has 0 spiro atoms. The topological polar surface area (TPSA) is 26.5 Å². The molecule has 3 rings (SSSR count). The van der Waals surface area contributed by atoms with Gasteiger partial charge in [-0.3, -0.25) is 0 Å². The van der Waals surface area contributed by atoms with Gasteiger partial charge in [0.1, 0.15) is 4.90 Å². The summed E-state index contributed by atoms with van der Waals surface area (Å²) in [7, 11) is 0. The second-order valence-corrected chi connectivity index (χ2v) is 3.69. The summed E-state index contributed by atoms with van der Waals surface area (Å²) in [5.41, 5.74) is 1.02. The normalized spacial score (nSPS) is 13.5. The molecule has 1 aliphatic rings. The van der Waals surface area contributed by atoms with Crippen molar-refractivity contribution in [1.82, 2.24) is 4.52 Å². The highest BCUT2D eigenvalue weighted by molar-refractivity contribution is 7.97. The van der Waals surface area contributed by atoms with E-state index in [1.54, 1.807) is 0 Å². The molecule has 3 heteroatoms. The summed E-state index contributed by atoms with van der Waals surface area (Å²) in [5, 5.41) is 6.53. The lowest BCUT2D eigenvalue weighted by molar-refractivity contribution is 1.27. The predicted octanol–water partition coefficient (Wildman–Crippen LogP) is 3.28. The molecule has 61 valence electrons. The van der Waals surface area contributed by atoms with E-state index in [0.717, 1.165) is 10.6 Å². The van der Waals surface area contributed by atoms with E-state index in [9.17, 15) is 0 Å². The van der Waals surface area contributed by atoms with Crippen LogP contribution in [-0.2, 0) is 0 Å². The molecule has 1 aliphatic heterocycles. The van der Waals surface area contributed by atoms with Crippen LogP contribution in [0.4, 0.5) is 5.69 Å². The lowest BCUT2D eigenvalue weighted by Gasteiger charge is -1.96. The van der Waals surface area contributed by atoms with E-state index < -0.39 is 0 Å². The summed E-state index contributed by atoms with van der Waals surface area (Å²) in [6.07, 6.45) is 0. The number of hydrogen-bond acceptors (Lipinski definition) is 3. The van der Waals surface area contributed by atoms with Crippen molar-refractivity contribution in [2.75, 3.05) is 0 Å². The molecule has 2 nitrogen and oxygen atoms in total. The fourth-order valence-corrected chi connectivity index (χ4v) is 2.09. The molecule has 0 aromatic heterocycles. The minimum atomic E-state index is 1.02. The molecular formula is C10H6N2S+. The first-order valence-corrected chi connectivity index (χ1v) is 4.82. The van der Waals surface area contributed by atoms with Crippen LogP contribution in [0.5, 0.6) is 0 Å². The smallest absolute Gasteiger partial charge is 0.0616 e. The highest BCUT2D eigenvalue weighted by Gasteiger charge is 2.22. The van der Waals surface area contributed by atoms with Crippen molar-refractivity contribution in [1.29, 1.82) is 0 Å². The zero-order chi connectivity index (χ0) is 8.67. The van der Waals surface area contributed by atoms with Crippen molar-refractivity contribution in [3.63, 3.8) is 0 Å². The summed E-state index contributed by atoms with van der Waals surface area (Å²) < 4.78 is 3.94. The van der Waals surface area contributed by atoms with Gasteiger partial charge >= 0.3 is 11.9 Å². The summed E-state index contributed by atoms with van der Waals surface area (Å²) in [5.74, 6) is 0. The Hall–Kier alpha value is -1.35. The van der Waals surface area contributed by atoms with Gasteiger partial charge in [-0.05, 0) is 11.5 Å². The molecule has 0 fully saturated rings. The predicted molar refractivity (Wildman–Crippen MR) is 54.0 cm³/mol. The highest BCUT2D eigenvalue weighted by atomic mass is 32.2. The van der Waals surface area contributed by atoms with Crippen LogP contribution in [0.25, 0.3) is 10.8 Å². The Morgan fingerprint density at radius 3 is 3.00 bits per heavy atom. The summed E-state index contributed by atoms with van der Waals surface area (Å²) >= 11 is 1.44. The first kappa shape index (κ1) is 7.09. The van der Waals surface area contributed by atoms with Gasteiger partial charge in [0.25, 0.3) is 4.52 Å². The molecule has 0 saturated heterocycles. The second-order valence-electron chi connectivity index (χ2n) is 2.91. The molecule has 0 bridgehead atoms. The molecular weight excluding hydrogens is 180 g/mol. The van der Waals surface area contributed by atoms with E-state index in [1.165, 1.54) is 22.7 Å². The minimum Gasteiger partial charge on any atom is -0.0616 e. The van der Waals surface area contributed by atoms with Crippen molar-refractivity contribution in [2.24, 2.45) is 5.11 Å². The van der Waals surface area contributed by atoms with Gasteiger partial charge in [-0.15, -0.1) is 0 Å². The van der Waals surface area contributed by atoms with Crippen molar-refractivity contribution in [3.8, 4) is 0 Å². The SMILES string of the molecule is c1ccc2c3c(ccc2c1)S[N+]=N3. The number of rotatable bonds is 0. The zero-order valence-corrected chi connectivity index (χ0v) is 7.58. The van der Waals surface area contributed by atoms with E-state index in [2.05, 4.69) is 33.9 Å². The summed E-state index contributed by atoms with van der Waals surface area (Å²) in [6.45, 7) is 0. The van der Waals surface area contributed by atoms with Gasteiger partial charge in [-0.25, -0.2) is 0 Å². The monoisotopic (exact) mass is 186 g/mol. The van der Waals surface area contributed by atoms with E-state index in [4.69, 9.17) is 0 Å². The molecule has 0 N–H and O–H groups in total. The Morgan fingerprint density at radius 2 is 2.00 bits per heavy atom. The molecule has 0 unspecified atom stereocenters. The van der Waals surface area contributed by atoms with Crippen LogP contribution in [-0.4, -0.2) is 0 Å². The third-order valence-electron chi connectivity index (χ3n) is 2.14. The Morgan fingerprint density at radius 1 is 1.08 bits per heavy atom. The quantitative estimate of drug-likeness (QED) is 0.580. The molecule has 2 aromatic rings. The van der Waals surface area contributed by atoms with Gasteiger partial charge in [0, 0.05) is 5.39 Å². The standard InChI is InChI=1S/C10H6N2S/c1-2-4-8-7(3-1)5-6-9-10(8)11-12-13-9/h1-6H/q+1. The van der Waals surface area contributed by atoms with E-state index >= 15 is 0 Å². The van der Waals surface area contributed by atoms with Crippen LogP contribution in [0.2, 0.25) is 0 Å². The third kappa shape index (κ3) is 0.971. The van der Waals surface area contributed by atoms with Gasteiger partial charge in [0.15, 0.2) is 5.69 Å². The maximum Gasteiger partial charge on any atom is 0.315 e. The number of fused-ring (bicyclic) bond motifs is 3. The fraction of sp³-hybridized carbons (Fsp3) is 0. The molecule has 1 radical (unpaired) electrons. The Bertz CT molecular complexity index is 505. The molecule has 1 heterocycles. The van der Waals surface area contributed by atoms with Crippen molar-refractivity contribution in [3.05, 3.63) is 36.4 Å². The molecule has 0 amide bonds. The van der Waals surface area contributed by atoms with Gasteiger partial charge < -0.3 is 0 Å². The summed E-state index contributed by atoms with van der Waals surface area (Å²) in [4.78, 5) is 1.15. The fourth-order valence-electron chi connectivity index (χ4n) is 1.52. The Labute approximate surface area is 79.8 Å². The molecule has 2 aromatic carbocycles. The van der Waals surface area contributed by atoms with E-state index in [1.807, 2.05) is 12.1 Å². The van der Waals surface area contributed by atoms with Gasteiger partial charge in [0.05, 0.1) is 5.11 Å². The molecule has 13 heavy (non-hydrogen) atoms. The first-order valence-electron chi connectivity index (χ1n) is 4.05. The van der Waals surface area contributed by atoms with Crippen LogP contribution in [0.3, 0.4) is 0 Å². The number of hydrogen-bond donors (Lipinski definition) is 0. The van der Waals surface area contributed by atoms with E-state index in [0.29, 0.717) is 0 Å². The van der Waals surface area contributed by atoms with Crippen molar-refractivity contribution in [2.45, 2.75) is 4.90 Å². The van der Waals surface area contributed by atoms with Gasteiger partial charge in [0.2, 0.25) is 0 Å². The molecule has 0 aliphatic carbocycles. The minimum absolute atomic E-state index is 1.02.